The summed E-state index contributed by atoms with van der Waals surface area (Å²) in [5.41, 5.74) is 8.39. The molecule has 6 aromatic rings. The molecule has 1 saturated heterocycles. The van der Waals surface area contributed by atoms with Crippen LogP contribution >= 0.6 is 0 Å². The van der Waals surface area contributed by atoms with Gasteiger partial charge in [0.25, 0.3) is 0 Å². The molecular formula is C71H88N9O8. The number of hydrogen-bond acceptors (Lipinski definition) is 9. The van der Waals surface area contributed by atoms with E-state index in [-0.39, 0.29) is 31.3 Å². The van der Waals surface area contributed by atoms with Crippen LogP contribution in [0.1, 0.15) is 152 Å². The highest BCUT2D eigenvalue weighted by Gasteiger charge is 2.49. The first-order valence-corrected chi connectivity index (χ1v) is 30.4. The summed E-state index contributed by atoms with van der Waals surface area (Å²) in [5, 5.41) is 18.4. The van der Waals surface area contributed by atoms with Crippen LogP contribution in [0.25, 0.3) is 0 Å². The van der Waals surface area contributed by atoms with Crippen LogP contribution in [0, 0.1) is 0 Å². The lowest BCUT2D eigenvalue weighted by atomic mass is 9.78. The molecule has 1 aliphatic heterocycles. The zero-order chi connectivity index (χ0) is 63.9. The van der Waals surface area contributed by atoms with Crippen molar-refractivity contribution in [3.05, 3.63) is 215 Å². The lowest BCUT2D eigenvalue weighted by molar-refractivity contribution is -0.293. The molecule has 6 aromatic carbocycles. The molecule has 3 N–H and O–H groups in total. The predicted octanol–water partition coefficient (Wildman–Crippen LogP) is 9.97. The first kappa shape index (κ1) is 67.0. The minimum Gasteiger partial charge on any atom is -0.368 e. The molecule has 0 bridgehead atoms. The van der Waals surface area contributed by atoms with E-state index >= 15 is 19.2 Å². The highest BCUT2D eigenvalue weighted by atomic mass is 16.5. The van der Waals surface area contributed by atoms with E-state index in [1.165, 1.54) is 29.4 Å². The van der Waals surface area contributed by atoms with E-state index in [9.17, 15) is 19.6 Å². The molecule has 0 unspecified atom stereocenters. The largest absolute Gasteiger partial charge is 0.368 e. The first-order valence-electron chi connectivity index (χ1n) is 30.4. The number of nitrogens with two attached hydrogens (primary N) is 1. The van der Waals surface area contributed by atoms with Gasteiger partial charge in [0.1, 0.15) is 32.7 Å². The third-order valence-corrected chi connectivity index (χ3v) is 17.4. The quantitative estimate of drug-likeness (QED) is 0.0504. The highest BCUT2D eigenvalue weighted by molar-refractivity contribution is 5.93. The smallest absolute Gasteiger partial charge is 0.243 e. The van der Waals surface area contributed by atoms with Crippen LogP contribution in [0.3, 0.4) is 0 Å². The Bertz CT molecular complexity index is 3250. The van der Waals surface area contributed by atoms with Gasteiger partial charge >= 0.3 is 0 Å². The number of piperidine rings is 1. The van der Waals surface area contributed by atoms with Crippen LogP contribution in [-0.4, -0.2) is 139 Å². The summed E-state index contributed by atoms with van der Waals surface area (Å²) in [6, 6.07) is 51.7. The average Bonchev–Trinajstić information content (AvgIpc) is 2.35. The standard InChI is InChI=1S/C71H88N9O8/c1-50(56-29-17-11-18-30-56)73-43-64(82)75(52(3)58-33-21-13-22-34-58)45-66(84)78(55(6)61-39-27-16-28-40-61)48-69(87)79(62-41-70(7,8)80(88)71(9,10)42-62)49-68(86)77(54(5)60-37-25-15-26-38-60)47-67(85)76(53(4)59-35-23-14-24-36-59)46-65(83)74(44-63(72)81)51(2)57-31-19-12-20-32-57/h11-40,50-55,62,73H,41-49H2,1-10H3,(H2,72,81)/t50-,51-,52-,53-,54-,55-/m0/s1. The Morgan fingerprint density at radius 2 is 0.648 bits per heavy atom. The van der Waals surface area contributed by atoms with Crippen molar-refractivity contribution < 1.29 is 38.8 Å². The monoisotopic (exact) mass is 1190 g/mol. The molecule has 0 aliphatic carbocycles. The van der Waals surface area contributed by atoms with Crippen molar-refractivity contribution >= 4 is 41.4 Å². The molecule has 7 rings (SSSR count). The number of carbonyl (C=O) groups excluding carboxylic acids is 7. The van der Waals surface area contributed by atoms with E-state index in [0.29, 0.717) is 11.1 Å². The summed E-state index contributed by atoms with van der Waals surface area (Å²) < 4.78 is 0. The van der Waals surface area contributed by atoms with Crippen LogP contribution in [0.2, 0.25) is 0 Å². The maximum Gasteiger partial charge on any atom is 0.243 e. The van der Waals surface area contributed by atoms with Gasteiger partial charge in [0, 0.05) is 23.2 Å². The maximum atomic E-state index is 15.9. The number of rotatable bonds is 27. The van der Waals surface area contributed by atoms with Gasteiger partial charge in [-0.25, -0.2) is 0 Å². The molecule has 1 radical (unpaired) electrons. The molecule has 6 atom stereocenters. The van der Waals surface area contributed by atoms with Gasteiger partial charge < -0.3 is 40.4 Å². The zero-order valence-electron chi connectivity index (χ0n) is 52.7. The van der Waals surface area contributed by atoms with Crippen molar-refractivity contribution in [2.24, 2.45) is 5.73 Å². The predicted molar refractivity (Wildman–Crippen MR) is 340 cm³/mol. The highest BCUT2D eigenvalue weighted by Crippen LogP contribution is 2.40. The molecule has 17 nitrogen and oxygen atoms in total. The molecule has 1 aliphatic rings. The third kappa shape index (κ3) is 17.2. The molecule has 0 aromatic heterocycles. The van der Waals surface area contributed by atoms with E-state index in [1.54, 1.807) is 48.5 Å². The molecule has 7 amide bonds. The summed E-state index contributed by atoms with van der Waals surface area (Å²) in [7, 11) is 0. The lowest BCUT2D eigenvalue weighted by Crippen LogP contribution is -2.64. The van der Waals surface area contributed by atoms with Gasteiger partial charge in [0.2, 0.25) is 41.4 Å². The number of amides is 7. The van der Waals surface area contributed by atoms with Gasteiger partial charge in [-0.15, -0.1) is 10.3 Å². The molecule has 0 saturated carbocycles. The normalized spacial score (nSPS) is 15.9. The van der Waals surface area contributed by atoms with Gasteiger partial charge in [-0.2, -0.15) is 0 Å². The third-order valence-electron chi connectivity index (χ3n) is 17.4. The van der Waals surface area contributed by atoms with E-state index in [4.69, 9.17) is 5.73 Å². The Morgan fingerprint density at radius 1 is 0.398 bits per heavy atom. The van der Waals surface area contributed by atoms with Crippen LogP contribution < -0.4 is 11.1 Å². The van der Waals surface area contributed by atoms with E-state index in [1.807, 2.05) is 203 Å². The van der Waals surface area contributed by atoms with Crippen molar-refractivity contribution in [3.8, 4) is 0 Å². The average molecular weight is 1200 g/mol. The Kier molecular flexibility index (Phi) is 23.2. The summed E-state index contributed by atoms with van der Waals surface area (Å²) >= 11 is 0. The number of nitrogens with one attached hydrogen (secondary N) is 1. The molecule has 0 spiro atoms. The number of nitrogens with zero attached hydrogens (tertiary/aromatic N) is 7. The number of hydrogen-bond donors (Lipinski definition) is 2. The molecular weight excluding hydrogens is 1110 g/mol. The fourth-order valence-electron chi connectivity index (χ4n) is 12.2. The van der Waals surface area contributed by atoms with Crippen LogP contribution in [0.5, 0.6) is 0 Å². The summed E-state index contributed by atoms with van der Waals surface area (Å²) in [6.45, 7) is 15.2. The van der Waals surface area contributed by atoms with Gasteiger partial charge in [-0.3, -0.25) is 33.6 Å². The summed E-state index contributed by atoms with van der Waals surface area (Å²) in [6.07, 6.45) is 0.320. The van der Waals surface area contributed by atoms with Crippen molar-refractivity contribution in [1.82, 2.24) is 39.8 Å². The fourth-order valence-corrected chi connectivity index (χ4v) is 12.2. The van der Waals surface area contributed by atoms with Crippen LogP contribution in [0.4, 0.5) is 0 Å². The Balaban J connectivity index is 1.27. The molecule has 1 heterocycles. The summed E-state index contributed by atoms with van der Waals surface area (Å²) in [4.78, 5) is 113. The van der Waals surface area contributed by atoms with E-state index in [2.05, 4.69) is 5.32 Å². The Morgan fingerprint density at radius 3 is 0.943 bits per heavy atom. The minimum atomic E-state index is -1.02. The number of carbonyl (C=O) groups is 7. The number of primary amides is 1. The van der Waals surface area contributed by atoms with Gasteiger partial charge in [-0.05, 0) is 115 Å². The number of hydroxylamine groups is 2. The van der Waals surface area contributed by atoms with Crippen LogP contribution in [0.15, 0.2) is 182 Å². The van der Waals surface area contributed by atoms with E-state index < -0.39 is 122 Å². The maximum absolute atomic E-state index is 15.9. The molecule has 465 valence electrons. The SMILES string of the molecule is C[C@H](NCC(=O)N(CC(=O)N(CC(=O)N(CC(=O)N(CC(=O)N(CC(=O)N(CC(N)=O)[C@@H](C)c1ccccc1)[C@@H](C)c1ccccc1)[C@@H](C)c1ccccc1)C1CC(C)(C)N([O])C(C)(C)C1)[C@@H](C)c1ccccc1)[C@@H](C)c1ccccc1)c1ccccc1. The van der Waals surface area contributed by atoms with Crippen molar-refractivity contribution in [2.45, 2.75) is 135 Å². The zero-order valence-corrected chi connectivity index (χ0v) is 52.7. The lowest BCUT2D eigenvalue weighted by Gasteiger charge is -2.52. The van der Waals surface area contributed by atoms with Crippen LogP contribution in [-0.2, 0) is 38.8 Å². The van der Waals surface area contributed by atoms with Gasteiger partial charge in [-0.1, -0.05) is 182 Å². The molecule has 1 fully saturated rings. The minimum absolute atomic E-state index is 0.0889. The first-order chi connectivity index (χ1) is 41.9. The fraction of sp³-hybridized carbons (Fsp3) is 0.394. The second kappa shape index (κ2) is 30.4. The van der Waals surface area contributed by atoms with Gasteiger partial charge in [0.15, 0.2) is 0 Å². The molecule has 17 heteroatoms. The molecule has 88 heavy (non-hydrogen) atoms. The second-order valence-corrected chi connectivity index (χ2v) is 24.5. The van der Waals surface area contributed by atoms with Crippen molar-refractivity contribution in [3.63, 3.8) is 0 Å². The summed E-state index contributed by atoms with van der Waals surface area (Å²) in [5.74, 6) is -3.92. The van der Waals surface area contributed by atoms with E-state index in [0.717, 1.165) is 27.3 Å². The second-order valence-electron chi connectivity index (χ2n) is 24.5. The van der Waals surface area contributed by atoms with Crippen molar-refractivity contribution in [1.29, 1.82) is 0 Å². The Hall–Kier alpha value is -8.51. The Labute approximate surface area is 520 Å². The van der Waals surface area contributed by atoms with Crippen molar-refractivity contribution in [2.75, 3.05) is 45.8 Å². The van der Waals surface area contributed by atoms with Gasteiger partial charge in [0.05, 0.1) is 43.3 Å². The topological polar surface area (TPSA) is 200 Å². The number of benzene rings is 6.